The van der Waals surface area contributed by atoms with E-state index >= 15 is 0 Å². The van der Waals surface area contributed by atoms with Crippen LogP contribution in [0.4, 0.5) is 5.69 Å². The molecule has 0 aliphatic carbocycles. The van der Waals surface area contributed by atoms with Gasteiger partial charge in [-0.3, -0.25) is 15.1 Å². The number of ether oxygens (including phenoxy) is 2. The van der Waals surface area contributed by atoms with Crippen molar-refractivity contribution in [2.45, 2.75) is 13.1 Å². The maximum atomic E-state index is 11.1. The molecule has 0 atom stereocenters. The summed E-state index contributed by atoms with van der Waals surface area (Å²) >= 11 is 0. The fraction of sp³-hybridized carbons (Fsp3) is 0.316. The highest BCUT2D eigenvalue weighted by Crippen LogP contribution is 2.25. The molecule has 0 saturated heterocycles. The summed E-state index contributed by atoms with van der Waals surface area (Å²) in [7, 11) is 6.77. The van der Waals surface area contributed by atoms with Gasteiger partial charge in [0.15, 0.2) is 5.96 Å². The molecule has 2 aromatic carbocycles. The molecule has 0 saturated carbocycles. The van der Waals surface area contributed by atoms with Crippen LogP contribution in [0.25, 0.3) is 0 Å². The summed E-state index contributed by atoms with van der Waals surface area (Å²) in [6, 6.07) is 12.3. The average molecular weight is 372 g/mol. The number of rotatable bonds is 7. The lowest BCUT2D eigenvalue weighted by atomic mass is 10.1. The van der Waals surface area contributed by atoms with Gasteiger partial charge in [-0.25, -0.2) is 0 Å². The summed E-state index contributed by atoms with van der Waals surface area (Å²) in [5.74, 6) is 2.05. The predicted molar refractivity (Wildman–Crippen MR) is 104 cm³/mol. The lowest BCUT2D eigenvalue weighted by Crippen LogP contribution is -2.38. The van der Waals surface area contributed by atoms with Crippen molar-refractivity contribution in [3.8, 4) is 11.5 Å². The fourth-order valence-electron chi connectivity index (χ4n) is 2.71. The zero-order chi connectivity index (χ0) is 19.8. The van der Waals surface area contributed by atoms with Crippen molar-refractivity contribution in [3.63, 3.8) is 0 Å². The Kier molecular flexibility index (Phi) is 6.99. The van der Waals surface area contributed by atoms with Gasteiger partial charge in [0.25, 0.3) is 5.69 Å². The number of para-hydroxylation sites is 1. The third kappa shape index (κ3) is 5.10. The zero-order valence-electron chi connectivity index (χ0n) is 15.9. The molecule has 0 spiro atoms. The van der Waals surface area contributed by atoms with E-state index in [0.717, 1.165) is 17.1 Å². The molecule has 0 bridgehead atoms. The quantitative estimate of drug-likeness (QED) is 0.348. The first-order valence-corrected chi connectivity index (χ1v) is 8.35. The van der Waals surface area contributed by atoms with Crippen LogP contribution in [-0.2, 0) is 13.1 Å². The van der Waals surface area contributed by atoms with E-state index in [1.807, 2.05) is 30.1 Å². The largest absolute Gasteiger partial charge is 0.497 e. The number of benzene rings is 2. The molecular formula is C19H24N4O4. The van der Waals surface area contributed by atoms with Crippen LogP contribution in [0.3, 0.4) is 0 Å². The summed E-state index contributed by atoms with van der Waals surface area (Å²) in [6.45, 7) is 0.845. The lowest BCUT2D eigenvalue weighted by Gasteiger charge is -2.23. The third-order valence-corrected chi connectivity index (χ3v) is 4.10. The number of hydrogen-bond donors (Lipinski definition) is 1. The van der Waals surface area contributed by atoms with Gasteiger partial charge in [-0.15, -0.1) is 0 Å². The normalized spacial score (nSPS) is 11.0. The standard InChI is InChI=1S/C19H24N4O4/c1-20-19(21-12-14-7-5-6-8-17(14)23(24)25)22(2)13-15-9-10-16(26-3)11-18(15)27-4/h5-11H,12-13H2,1-4H3,(H,20,21). The summed E-state index contributed by atoms with van der Waals surface area (Å²) in [6.07, 6.45) is 0. The molecule has 8 nitrogen and oxygen atoms in total. The van der Waals surface area contributed by atoms with E-state index in [1.54, 1.807) is 39.5 Å². The van der Waals surface area contributed by atoms with Crippen molar-refractivity contribution < 1.29 is 14.4 Å². The molecule has 0 aliphatic heterocycles. The molecule has 0 radical (unpaired) electrons. The van der Waals surface area contributed by atoms with E-state index in [1.165, 1.54) is 6.07 Å². The van der Waals surface area contributed by atoms with Gasteiger partial charge in [-0.05, 0) is 12.1 Å². The fourth-order valence-corrected chi connectivity index (χ4v) is 2.71. The molecule has 0 amide bonds. The van der Waals surface area contributed by atoms with Gasteiger partial charge >= 0.3 is 0 Å². The second kappa shape index (κ2) is 9.42. The number of aliphatic imine (C=N–C) groups is 1. The Hall–Kier alpha value is -3.29. The lowest BCUT2D eigenvalue weighted by molar-refractivity contribution is -0.385. The second-order valence-electron chi connectivity index (χ2n) is 5.82. The molecule has 2 rings (SSSR count). The highest BCUT2D eigenvalue weighted by molar-refractivity contribution is 5.79. The Morgan fingerprint density at radius 2 is 1.93 bits per heavy atom. The average Bonchev–Trinajstić information content (AvgIpc) is 2.68. The topological polar surface area (TPSA) is 89.2 Å². The van der Waals surface area contributed by atoms with Gasteiger partial charge in [0.2, 0.25) is 0 Å². The van der Waals surface area contributed by atoms with E-state index in [0.29, 0.717) is 24.6 Å². The SMILES string of the molecule is CN=C(NCc1ccccc1[N+](=O)[O-])N(C)Cc1ccc(OC)cc1OC. The minimum Gasteiger partial charge on any atom is -0.497 e. The molecular weight excluding hydrogens is 348 g/mol. The first-order valence-electron chi connectivity index (χ1n) is 8.35. The van der Waals surface area contributed by atoms with Crippen LogP contribution in [0.1, 0.15) is 11.1 Å². The van der Waals surface area contributed by atoms with Gasteiger partial charge in [0.05, 0.1) is 19.1 Å². The second-order valence-corrected chi connectivity index (χ2v) is 5.82. The van der Waals surface area contributed by atoms with Crippen LogP contribution in [0.15, 0.2) is 47.5 Å². The Labute approximate surface area is 158 Å². The third-order valence-electron chi connectivity index (χ3n) is 4.10. The number of hydrogen-bond acceptors (Lipinski definition) is 5. The highest BCUT2D eigenvalue weighted by atomic mass is 16.6. The number of nitrogens with one attached hydrogen (secondary N) is 1. The van der Waals surface area contributed by atoms with E-state index in [4.69, 9.17) is 9.47 Å². The number of nitrogens with zero attached hydrogens (tertiary/aromatic N) is 3. The van der Waals surface area contributed by atoms with Gasteiger partial charge in [0, 0.05) is 50.4 Å². The summed E-state index contributed by atoms with van der Waals surface area (Å²) in [4.78, 5) is 16.9. The van der Waals surface area contributed by atoms with Gasteiger partial charge < -0.3 is 19.7 Å². The van der Waals surface area contributed by atoms with Crippen LogP contribution in [0, 0.1) is 10.1 Å². The number of nitro groups is 1. The van der Waals surface area contributed by atoms with Crippen molar-refractivity contribution in [3.05, 3.63) is 63.7 Å². The number of guanidine groups is 1. The molecule has 0 fully saturated rings. The zero-order valence-corrected chi connectivity index (χ0v) is 15.9. The predicted octanol–water partition coefficient (Wildman–Crippen LogP) is 2.82. The molecule has 0 heterocycles. The first-order chi connectivity index (χ1) is 13.0. The monoisotopic (exact) mass is 372 g/mol. The van der Waals surface area contributed by atoms with E-state index in [-0.39, 0.29) is 10.6 Å². The number of nitro benzene ring substituents is 1. The summed E-state index contributed by atoms with van der Waals surface area (Å²) in [5.41, 5.74) is 1.65. The minimum atomic E-state index is -0.383. The van der Waals surface area contributed by atoms with Crippen LogP contribution in [0.2, 0.25) is 0 Å². The maximum Gasteiger partial charge on any atom is 0.274 e. The van der Waals surface area contributed by atoms with Crippen LogP contribution < -0.4 is 14.8 Å². The first kappa shape index (κ1) is 20.0. The van der Waals surface area contributed by atoms with E-state index in [9.17, 15) is 10.1 Å². The Bertz CT molecular complexity index is 823. The van der Waals surface area contributed by atoms with Gasteiger partial charge in [-0.2, -0.15) is 0 Å². The van der Waals surface area contributed by atoms with E-state index in [2.05, 4.69) is 10.3 Å². The minimum absolute atomic E-state index is 0.0833. The number of methoxy groups -OCH3 is 2. The van der Waals surface area contributed by atoms with E-state index < -0.39 is 0 Å². The molecule has 0 unspecified atom stereocenters. The summed E-state index contributed by atoms with van der Waals surface area (Å²) in [5, 5.41) is 14.3. The molecule has 8 heteroatoms. The highest BCUT2D eigenvalue weighted by Gasteiger charge is 2.15. The van der Waals surface area contributed by atoms with Crippen molar-refractivity contribution >= 4 is 11.6 Å². The van der Waals surface area contributed by atoms with Crippen molar-refractivity contribution in [1.29, 1.82) is 0 Å². The van der Waals surface area contributed by atoms with Crippen molar-refractivity contribution in [2.75, 3.05) is 28.3 Å². The molecule has 0 aliphatic rings. The molecule has 1 N–H and O–H groups in total. The molecule has 144 valence electrons. The van der Waals surface area contributed by atoms with Crippen LogP contribution >= 0.6 is 0 Å². The summed E-state index contributed by atoms with van der Waals surface area (Å²) < 4.78 is 10.7. The molecule has 2 aromatic rings. The maximum absolute atomic E-state index is 11.1. The molecule has 0 aromatic heterocycles. The van der Waals surface area contributed by atoms with Gasteiger partial charge in [0.1, 0.15) is 11.5 Å². The van der Waals surface area contributed by atoms with Crippen LogP contribution in [0.5, 0.6) is 11.5 Å². The molecule has 27 heavy (non-hydrogen) atoms. The van der Waals surface area contributed by atoms with Gasteiger partial charge in [-0.1, -0.05) is 18.2 Å². The Morgan fingerprint density at radius 3 is 2.56 bits per heavy atom. The Morgan fingerprint density at radius 1 is 1.19 bits per heavy atom. The van der Waals surface area contributed by atoms with Crippen molar-refractivity contribution in [1.82, 2.24) is 10.2 Å². The van der Waals surface area contributed by atoms with Crippen molar-refractivity contribution in [2.24, 2.45) is 4.99 Å². The Balaban J connectivity index is 2.09. The smallest absolute Gasteiger partial charge is 0.274 e. The van der Waals surface area contributed by atoms with Crippen LogP contribution in [-0.4, -0.2) is 44.1 Å².